The number of carbonyl (C=O) groups excluding carboxylic acids is 1. The van der Waals surface area contributed by atoms with Gasteiger partial charge in [0.2, 0.25) is 11.8 Å². The maximum absolute atomic E-state index is 12.9. The summed E-state index contributed by atoms with van der Waals surface area (Å²) in [6, 6.07) is 11.4. The summed E-state index contributed by atoms with van der Waals surface area (Å²) >= 11 is 5.93. The molecule has 0 saturated carbocycles. The van der Waals surface area contributed by atoms with Gasteiger partial charge < -0.3 is 4.52 Å². The van der Waals surface area contributed by atoms with Crippen LogP contribution in [-0.4, -0.2) is 19.5 Å². The molecular formula is C19H18ClN3O4S. The van der Waals surface area contributed by atoms with Crippen molar-refractivity contribution in [2.24, 2.45) is 0 Å². The molecule has 0 atom stereocenters. The van der Waals surface area contributed by atoms with E-state index in [1.807, 2.05) is 0 Å². The molecule has 0 aliphatic rings. The molecule has 1 heterocycles. The Labute approximate surface area is 167 Å². The molecule has 28 heavy (non-hydrogen) atoms. The molecule has 0 unspecified atom stereocenters. The highest BCUT2D eigenvalue weighted by atomic mass is 35.5. The number of hydrogen-bond acceptors (Lipinski definition) is 5. The first-order chi connectivity index (χ1) is 13.2. The number of halogens is 1. The van der Waals surface area contributed by atoms with Crippen LogP contribution in [0.5, 0.6) is 0 Å². The molecule has 0 radical (unpaired) electrons. The van der Waals surface area contributed by atoms with Crippen LogP contribution in [0.3, 0.4) is 0 Å². The predicted octanol–water partition coefficient (Wildman–Crippen LogP) is 4.37. The summed E-state index contributed by atoms with van der Waals surface area (Å²) in [4.78, 5) is 11.5. The second-order valence-electron chi connectivity index (χ2n) is 6.25. The lowest BCUT2D eigenvalue weighted by Crippen LogP contribution is -2.14. The number of benzene rings is 2. The van der Waals surface area contributed by atoms with Crippen LogP contribution < -0.4 is 10.0 Å². The molecule has 3 aromatic rings. The van der Waals surface area contributed by atoms with Crippen molar-refractivity contribution in [3.63, 3.8) is 0 Å². The summed E-state index contributed by atoms with van der Waals surface area (Å²) in [5.41, 5.74) is 2.53. The first-order valence-electron chi connectivity index (χ1n) is 8.30. The first kappa shape index (κ1) is 19.9. The third-order valence-electron chi connectivity index (χ3n) is 4.00. The van der Waals surface area contributed by atoms with Gasteiger partial charge in [-0.2, -0.15) is 0 Å². The van der Waals surface area contributed by atoms with E-state index in [9.17, 15) is 13.2 Å². The van der Waals surface area contributed by atoms with E-state index in [0.717, 1.165) is 0 Å². The lowest BCUT2D eigenvalue weighted by atomic mass is 10.0. The van der Waals surface area contributed by atoms with Gasteiger partial charge in [0.15, 0.2) is 0 Å². The zero-order chi connectivity index (χ0) is 20.5. The van der Waals surface area contributed by atoms with E-state index in [4.69, 9.17) is 16.1 Å². The quantitative estimate of drug-likeness (QED) is 0.639. The zero-order valence-electron chi connectivity index (χ0n) is 15.4. The Morgan fingerprint density at radius 3 is 2.57 bits per heavy atom. The molecule has 1 aromatic heterocycles. The predicted molar refractivity (Wildman–Crippen MR) is 108 cm³/mol. The van der Waals surface area contributed by atoms with Crippen LogP contribution >= 0.6 is 11.6 Å². The van der Waals surface area contributed by atoms with Crippen LogP contribution in [0.1, 0.15) is 18.2 Å². The number of amides is 1. The average molecular weight is 420 g/mol. The van der Waals surface area contributed by atoms with Gasteiger partial charge in [-0.25, -0.2) is 8.42 Å². The van der Waals surface area contributed by atoms with E-state index in [-0.39, 0.29) is 16.7 Å². The summed E-state index contributed by atoms with van der Waals surface area (Å²) in [7, 11) is -3.87. The Bertz CT molecular complexity index is 1160. The Kier molecular flexibility index (Phi) is 5.44. The van der Waals surface area contributed by atoms with Crippen LogP contribution in [0.25, 0.3) is 11.1 Å². The number of carbonyl (C=O) groups is 1. The van der Waals surface area contributed by atoms with Crippen LogP contribution in [0.2, 0.25) is 5.02 Å². The summed E-state index contributed by atoms with van der Waals surface area (Å²) < 4.78 is 33.6. The molecule has 1 amide bonds. The normalized spacial score (nSPS) is 11.3. The third kappa shape index (κ3) is 4.18. The van der Waals surface area contributed by atoms with E-state index >= 15 is 0 Å². The molecular weight excluding hydrogens is 402 g/mol. The molecule has 3 rings (SSSR count). The largest absolute Gasteiger partial charge is 0.337 e. The summed E-state index contributed by atoms with van der Waals surface area (Å²) in [5.74, 6) is -0.153. The fraction of sp³-hybridized carbons (Fsp3) is 0.158. The van der Waals surface area contributed by atoms with Gasteiger partial charge in [0.25, 0.3) is 10.0 Å². The molecule has 7 nitrogen and oxygen atoms in total. The van der Waals surface area contributed by atoms with E-state index in [0.29, 0.717) is 33.1 Å². The fourth-order valence-electron chi connectivity index (χ4n) is 2.76. The highest BCUT2D eigenvalue weighted by Gasteiger charge is 2.22. The van der Waals surface area contributed by atoms with Gasteiger partial charge >= 0.3 is 0 Å². The number of aryl methyl sites for hydroxylation is 2. The molecule has 2 N–H and O–H groups in total. The average Bonchev–Trinajstić information content (AvgIpc) is 2.94. The standard InChI is InChI=1S/C19H18ClN3O4S/c1-11-7-8-14(18-12(2)22-27-19(18)21-13(3)24)9-17(11)28(25,26)23-16-6-4-5-15(20)10-16/h4-10,23H,1-3H3,(H,21,24). The smallest absolute Gasteiger partial charge is 0.262 e. The number of aromatic nitrogens is 1. The SMILES string of the molecule is CC(=O)Nc1onc(C)c1-c1ccc(C)c(S(=O)(=O)Nc2cccc(Cl)c2)c1. The van der Waals surface area contributed by atoms with Crippen LogP contribution in [0, 0.1) is 13.8 Å². The van der Waals surface area contributed by atoms with Gasteiger partial charge in [0, 0.05) is 11.9 Å². The first-order valence-corrected chi connectivity index (χ1v) is 10.2. The Balaban J connectivity index is 2.05. The van der Waals surface area contributed by atoms with Gasteiger partial charge in [0.1, 0.15) is 0 Å². The number of rotatable bonds is 5. The van der Waals surface area contributed by atoms with E-state index in [1.54, 1.807) is 44.2 Å². The maximum atomic E-state index is 12.9. The second kappa shape index (κ2) is 7.65. The minimum absolute atomic E-state index is 0.0966. The van der Waals surface area contributed by atoms with Gasteiger partial charge in [-0.05, 0) is 49.2 Å². The molecule has 9 heteroatoms. The number of nitrogens with zero attached hydrogens (tertiary/aromatic N) is 1. The number of sulfonamides is 1. The van der Waals surface area contributed by atoms with Crippen molar-refractivity contribution in [1.29, 1.82) is 0 Å². The number of nitrogens with one attached hydrogen (secondary N) is 2. The Hall–Kier alpha value is -2.84. The fourth-order valence-corrected chi connectivity index (χ4v) is 4.27. The van der Waals surface area contributed by atoms with Gasteiger partial charge in [-0.1, -0.05) is 35.0 Å². The molecule has 0 aliphatic heterocycles. The van der Waals surface area contributed by atoms with E-state index in [1.165, 1.54) is 19.1 Å². The minimum Gasteiger partial charge on any atom is -0.337 e. The molecule has 0 saturated heterocycles. The molecule has 146 valence electrons. The molecule has 0 aliphatic carbocycles. The van der Waals surface area contributed by atoms with Gasteiger partial charge in [-0.3, -0.25) is 14.8 Å². The van der Waals surface area contributed by atoms with Crippen LogP contribution in [0.15, 0.2) is 51.9 Å². The van der Waals surface area contributed by atoms with Crippen molar-refractivity contribution in [3.05, 3.63) is 58.7 Å². The van der Waals surface area contributed by atoms with Crippen LogP contribution in [0.4, 0.5) is 11.6 Å². The van der Waals surface area contributed by atoms with Crippen LogP contribution in [-0.2, 0) is 14.8 Å². The summed E-state index contributed by atoms with van der Waals surface area (Å²) in [5, 5.41) is 6.85. The Morgan fingerprint density at radius 2 is 1.89 bits per heavy atom. The van der Waals surface area contributed by atoms with Crippen molar-refractivity contribution in [2.75, 3.05) is 10.0 Å². The zero-order valence-corrected chi connectivity index (χ0v) is 17.0. The van der Waals surface area contributed by atoms with Crippen molar-refractivity contribution in [2.45, 2.75) is 25.7 Å². The van der Waals surface area contributed by atoms with E-state index < -0.39 is 10.0 Å². The highest BCUT2D eigenvalue weighted by Crippen LogP contribution is 2.34. The minimum atomic E-state index is -3.87. The number of hydrogen-bond donors (Lipinski definition) is 2. The maximum Gasteiger partial charge on any atom is 0.262 e. The lowest BCUT2D eigenvalue weighted by Gasteiger charge is -2.12. The van der Waals surface area contributed by atoms with Crippen molar-refractivity contribution < 1.29 is 17.7 Å². The monoisotopic (exact) mass is 419 g/mol. The second-order valence-corrected chi connectivity index (χ2v) is 8.34. The van der Waals surface area contributed by atoms with Crippen molar-refractivity contribution in [3.8, 4) is 11.1 Å². The molecule has 0 bridgehead atoms. The topological polar surface area (TPSA) is 101 Å². The highest BCUT2D eigenvalue weighted by molar-refractivity contribution is 7.92. The third-order valence-corrected chi connectivity index (χ3v) is 5.75. The van der Waals surface area contributed by atoms with Crippen molar-refractivity contribution in [1.82, 2.24) is 5.16 Å². The van der Waals surface area contributed by atoms with E-state index in [2.05, 4.69) is 15.2 Å². The molecule has 2 aromatic carbocycles. The van der Waals surface area contributed by atoms with Crippen molar-refractivity contribution >= 4 is 39.1 Å². The molecule has 0 fully saturated rings. The summed E-state index contributed by atoms with van der Waals surface area (Å²) in [6.45, 7) is 4.76. The van der Waals surface area contributed by atoms with Gasteiger partial charge in [-0.15, -0.1) is 0 Å². The lowest BCUT2D eigenvalue weighted by molar-refractivity contribution is -0.114. The molecule has 0 spiro atoms. The summed E-state index contributed by atoms with van der Waals surface area (Å²) in [6.07, 6.45) is 0. The number of anilines is 2. The van der Waals surface area contributed by atoms with Gasteiger partial charge in [0.05, 0.1) is 21.8 Å². The Morgan fingerprint density at radius 1 is 1.14 bits per heavy atom.